The second-order valence-corrected chi connectivity index (χ2v) is 5.46. The van der Waals surface area contributed by atoms with Gasteiger partial charge in [0.15, 0.2) is 0 Å². The van der Waals surface area contributed by atoms with E-state index in [0.29, 0.717) is 22.9 Å². The molecular formula is C13H15N3O3S. The fourth-order valence-corrected chi connectivity index (χ4v) is 2.56. The third-order valence-corrected chi connectivity index (χ3v) is 3.48. The van der Waals surface area contributed by atoms with Crippen LogP contribution in [0.25, 0.3) is 0 Å². The van der Waals surface area contributed by atoms with Crippen LogP contribution in [-0.2, 0) is 11.8 Å². The van der Waals surface area contributed by atoms with Crippen LogP contribution in [0.5, 0.6) is 0 Å². The van der Waals surface area contributed by atoms with Crippen molar-refractivity contribution in [3.05, 3.63) is 34.7 Å². The molecule has 0 atom stereocenters. The number of ether oxygens (including phenoxy) is 1. The third-order valence-electron chi connectivity index (χ3n) is 2.52. The van der Waals surface area contributed by atoms with Crippen LogP contribution in [0, 0.1) is 6.92 Å². The summed E-state index contributed by atoms with van der Waals surface area (Å²) in [6.45, 7) is 3.90. The van der Waals surface area contributed by atoms with Gasteiger partial charge in [-0.15, -0.1) is 11.3 Å². The molecule has 0 bridgehead atoms. The molecule has 2 aromatic heterocycles. The summed E-state index contributed by atoms with van der Waals surface area (Å²) in [6, 6.07) is 1.71. The third kappa shape index (κ3) is 3.05. The van der Waals surface area contributed by atoms with Crippen molar-refractivity contribution in [1.29, 1.82) is 0 Å². The Labute approximate surface area is 120 Å². The second kappa shape index (κ2) is 5.87. The molecule has 0 aliphatic carbocycles. The van der Waals surface area contributed by atoms with Crippen molar-refractivity contribution in [3.8, 4) is 0 Å². The first-order valence-corrected chi connectivity index (χ1v) is 6.89. The molecule has 7 heteroatoms. The molecule has 2 heterocycles. The number of thiophene rings is 1. The van der Waals surface area contributed by atoms with Crippen molar-refractivity contribution >= 4 is 28.2 Å². The molecule has 6 nitrogen and oxygen atoms in total. The van der Waals surface area contributed by atoms with E-state index in [1.807, 2.05) is 6.92 Å². The lowest BCUT2D eigenvalue weighted by Crippen LogP contribution is -2.14. The predicted octanol–water partition coefficient (Wildman–Crippen LogP) is 2.22. The Morgan fingerprint density at radius 1 is 1.50 bits per heavy atom. The first-order chi connectivity index (χ1) is 9.51. The average molecular weight is 293 g/mol. The van der Waals surface area contributed by atoms with E-state index in [2.05, 4.69) is 10.3 Å². The van der Waals surface area contributed by atoms with Gasteiger partial charge in [0.2, 0.25) is 0 Å². The Kier molecular flexibility index (Phi) is 4.19. The van der Waals surface area contributed by atoms with Gasteiger partial charge in [0.1, 0.15) is 10.7 Å². The van der Waals surface area contributed by atoms with Gasteiger partial charge < -0.3 is 14.6 Å². The molecule has 0 spiro atoms. The van der Waals surface area contributed by atoms with Crippen molar-refractivity contribution in [2.75, 3.05) is 11.9 Å². The summed E-state index contributed by atoms with van der Waals surface area (Å²) in [6.07, 6.45) is 3.15. The summed E-state index contributed by atoms with van der Waals surface area (Å²) in [5.41, 5.74) is 0.673. The Bertz CT molecular complexity index is 645. The highest BCUT2D eigenvalue weighted by molar-refractivity contribution is 7.16. The molecule has 106 valence electrons. The SMILES string of the molecule is CCOC(=O)c1cc(C)sc1NC(=O)c1cn(C)cn1. The highest BCUT2D eigenvalue weighted by Gasteiger charge is 2.19. The topological polar surface area (TPSA) is 73.2 Å². The molecule has 0 radical (unpaired) electrons. The lowest BCUT2D eigenvalue weighted by molar-refractivity contribution is 0.0528. The summed E-state index contributed by atoms with van der Waals surface area (Å²) in [5, 5.41) is 3.19. The molecule has 0 saturated carbocycles. The quantitative estimate of drug-likeness (QED) is 0.877. The molecule has 0 unspecified atom stereocenters. The summed E-state index contributed by atoms with van der Waals surface area (Å²) < 4.78 is 6.65. The van der Waals surface area contributed by atoms with Crippen LogP contribution in [0.4, 0.5) is 5.00 Å². The Balaban J connectivity index is 2.21. The molecule has 0 saturated heterocycles. The monoisotopic (exact) mass is 293 g/mol. The number of hydrogen-bond acceptors (Lipinski definition) is 5. The Hall–Kier alpha value is -2.15. The highest BCUT2D eigenvalue weighted by atomic mass is 32.1. The minimum atomic E-state index is -0.437. The van der Waals surface area contributed by atoms with E-state index in [1.165, 1.54) is 11.3 Å². The summed E-state index contributed by atoms with van der Waals surface area (Å²) in [5.74, 6) is -0.786. The Morgan fingerprint density at radius 2 is 2.25 bits per heavy atom. The lowest BCUT2D eigenvalue weighted by atomic mass is 10.3. The fourth-order valence-electron chi connectivity index (χ4n) is 1.66. The lowest BCUT2D eigenvalue weighted by Gasteiger charge is -2.04. The van der Waals surface area contributed by atoms with Gasteiger partial charge >= 0.3 is 5.97 Å². The zero-order chi connectivity index (χ0) is 14.7. The van der Waals surface area contributed by atoms with Gasteiger partial charge in [0.25, 0.3) is 5.91 Å². The number of carbonyl (C=O) groups excluding carboxylic acids is 2. The molecule has 2 aromatic rings. The molecule has 2 rings (SSSR count). The van der Waals surface area contributed by atoms with Crippen molar-refractivity contribution in [3.63, 3.8) is 0 Å². The number of esters is 1. The fraction of sp³-hybridized carbons (Fsp3) is 0.308. The number of carbonyl (C=O) groups is 2. The maximum absolute atomic E-state index is 12.0. The second-order valence-electron chi connectivity index (χ2n) is 4.20. The number of rotatable bonds is 4. The molecule has 0 aromatic carbocycles. The Morgan fingerprint density at radius 3 is 2.85 bits per heavy atom. The normalized spacial score (nSPS) is 10.3. The molecule has 20 heavy (non-hydrogen) atoms. The van der Waals surface area contributed by atoms with Crippen LogP contribution in [0.1, 0.15) is 32.6 Å². The summed E-state index contributed by atoms with van der Waals surface area (Å²) in [7, 11) is 1.78. The van der Waals surface area contributed by atoms with Gasteiger partial charge in [0, 0.05) is 18.1 Å². The van der Waals surface area contributed by atoms with Crippen molar-refractivity contribution in [2.45, 2.75) is 13.8 Å². The van der Waals surface area contributed by atoms with Crippen molar-refractivity contribution < 1.29 is 14.3 Å². The van der Waals surface area contributed by atoms with Crippen LogP contribution in [0.3, 0.4) is 0 Å². The molecule has 1 N–H and O–H groups in total. The maximum atomic E-state index is 12.0. The predicted molar refractivity (Wildman–Crippen MR) is 76.2 cm³/mol. The molecule has 0 fully saturated rings. The number of amides is 1. The van der Waals surface area contributed by atoms with Gasteiger partial charge in [-0.1, -0.05) is 0 Å². The highest BCUT2D eigenvalue weighted by Crippen LogP contribution is 2.28. The van der Waals surface area contributed by atoms with Gasteiger partial charge in [-0.2, -0.15) is 0 Å². The average Bonchev–Trinajstić information content (AvgIpc) is 2.96. The zero-order valence-electron chi connectivity index (χ0n) is 11.5. The number of nitrogens with zero attached hydrogens (tertiary/aromatic N) is 2. The molecule has 0 aliphatic rings. The van der Waals surface area contributed by atoms with E-state index in [1.54, 1.807) is 37.1 Å². The molecular weight excluding hydrogens is 278 g/mol. The van der Waals surface area contributed by atoms with Crippen LogP contribution < -0.4 is 5.32 Å². The van der Waals surface area contributed by atoms with E-state index in [-0.39, 0.29) is 5.91 Å². The van der Waals surface area contributed by atoms with Gasteiger partial charge in [-0.05, 0) is 19.9 Å². The van der Waals surface area contributed by atoms with Crippen LogP contribution in [-0.4, -0.2) is 28.0 Å². The van der Waals surface area contributed by atoms with Gasteiger partial charge in [-0.25, -0.2) is 9.78 Å². The van der Waals surface area contributed by atoms with E-state index in [0.717, 1.165) is 4.88 Å². The number of aromatic nitrogens is 2. The maximum Gasteiger partial charge on any atom is 0.341 e. The standard InChI is InChI=1S/C13H15N3O3S/c1-4-19-13(18)9-5-8(2)20-12(9)15-11(17)10-6-16(3)7-14-10/h5-7H,4H2,1-3H3,(H,15,17). The minimum Gasteiger partial charge on any atom is -0.462 e. The number of imidazole rings is 1. The number of anilines is 1. The number of hydrogen-bond donors (Lipinski definition) is 1. The van der Waals surface area contributed by atoms with Crippen LogP contribution in [0.15, 0.2) is 18.6 Å². The molecule has 1 amide bonds. The van der Waals surface area contributed by atoms with Crippen molar-refractivity contribution in [1.82, 2.24) is 9.55 Å². The summed E-state index contributed by atoms with van der Waals surface area (Å²) in [4.78, 5) is 28.7. The van der Waals surface area contributed by atoms with E-state index in [4.69, 9.17) is 4.74 Å². The van der Waals surface area contributed by atoms with E-state index >= 15 is 0 Å². The minimum absolute atomic E-state index is 0.293. The van der Waals surface area contributed by atoms with Gasteiger partial charge in [-0.3, -0.25) is 4.79 Å². The van der Waals surface area contributed by atoms with Crippen LogP contribution >= 0.6 is 11.3 Å². The number of nitrogens with one attached hydrogen (secondary N) is 1. The van der Waals surface area contributed by atoms with E-state index < -0.39 is 5.97 Å². The first-order valence-electron chi connectivity index (χ1n) is 6.08. The van der Waals surface area contributed by atoms with Crippen molar-refractivity contribution in [2.24, 2.45) is 7.05 Å². The summed E-state index contributed by atoms with van der Waals surface area (Å²) >= 11 is 1.33. The van der Waals surface area contributed by atoms with E-state index in [9.17, 15) is 9.59 Å². The van der Waals surface area contributed by atoms with Gasteiger partial charge in [0.05, 0.1) is 18.5 Å². The zero-order valence-corrected chi connectivity index (χ0v) is 12.3. The number of aryl methyl sites for hydroxylation is 2. The largest absolute Gasteiger partial charge is 0.462 e. The van der Waals surface area contributed by atoms with Crippen LogP contribution in [0.2, 0.25) is 0 Å². The smallest absolute Gasteiger partial charge is 0.341 e. The molecule has 0 aliphatic heterocycles. The first kappa shape index (κ1) is 14.3.